The van der Waals surface area contributed by atoms with Crippen LogP contribution in [-0.2, 0) is 23.7 Å². The first kappa shape index (κ1) is 31.9. The van der Waals surface area contributed by atoms with Crippen molar-refractivity contribution in [3.8, 4) is 23.0 Å². The molecule has 3 heterocycles. The van der Waals surface area contributed by atoms with Crippen molar-refractivity contribution in [1.82, 2.24) is 0 Å². The second-order valence-corrected chi connectivity index (χ2v) is 10.9. The standard InChI is InChI=1S/C29H34O15/c1-11-22(34)24(36)26(38)28(40-11)44-27-25(37)23(35)20(10-39-12(2)30)43-29(27)41-15-7-16(32)21-17(33)9-18(42-19(21)8-15)13-3-5-14(31)6-4-13/h3-8,11,18,20,22-29,31-32,34-38H,9-10H2,1-2H3/t11-,18-,20+,22-,23+,24+,25-,26+,27+,28-,29+/m0/s1. The van der Waals surface area contributed by atoms with E-state index in [1.165, 1.54) is 25.1 Å². The van der Waals surface area contributed by atoms with E-state index in [9.17, 15) is 45.3 Å². The lowest BCUT2D eigenvalue weighted by molar-refractivity contribution is -0.354. The number of carbonyl (C=O) groups excluding carboxylic acids is 2. The summed E-state index contributed by atoms with van der Waals surface area (Å²) in [4.78, 5) is 24.3. The quantitative estimate of drug-likeness (QED) is 0.191. The zero-order valence-corrected chi connectivity index (χ0v) is 23.6. The van der Waals surface area contributed by atoms with E-state index in [0.717, 1.165) is 13.0 Å². The zero-order chi connectivity index (χ0) is 31.9. The second-order valence-electron chi connectivity index (χ2n) is 10.9. The number of ether oxygens (including phenoxy) is 6. The lowest BCUT2D eigenvalue weighted by atomic mass is 9.95. The minimum atomic E-state index is -1.78. The molecule has 2 aromatic carbocycles. The Hall–Kier alpha value is -3.54. The Balaban J connectivity index is 1.43. The Morgan fingerprint density at radius 3 is 2.30 bits per heavy atom. The van der Waals surface area contributed by atoms with Crippen LogP contribution in [-0.4, -0.2) is 116 Å². The Kier molecular flexibility index (Phi) is 9.29. The monoisotopic (exact) mass is 622 g/mol. The molecule has 0 spiro atoms. The largest absolute Gasteiger partial charge is 0.508 e. The van der Waals surface area contributed by atoms with E-state index in [1.54, 1.807) is 12.1 Å². The van der Waals surface area contributed by atoms with Gasteiger partial charge in [0.2, 0.25) is 6.29 Å². The van der Waals surface area contributed by atoms with Gasteiger partial charge in [0, 0.05) is 19.1 Å². The van der Waals surface area contributed by atoms with Gasteiger partial charge >= 0.3 is 5.97 Å². The summed E-state index contributed by atoms with van der Waals surface area (Å²) in [7, 11) is 0. The first-order chi connectivity index (χ1) is 20.8. The molecule has 2 fully saturated rings. The van der Waals surface area contributed by atoms with Gasteiger partial charge in [-0.25, -0.2) is 0 Å². The summed E-state index contributed by atoms with van der Waals surface area (Å²) in [5.41, 5.74) is 0.503. The maximum Gasteiger partial charge on any atom is 0.302 e. The molecule has 11 atom stereocenters. The maximum absolute atomic E-state index is 12.9. The van der Waals surface area contributed by atoms with Gasteiger partial charge in [-0.1, -0.05) is 12.1 Å². The molecule has 5 rings (SSSR count). The predicted octanol–water partition coefficient (Wildman–Crippen LogP) is -0.594. The van der Waals surface area contributed by atoms with Gasteiger partial charge in [0.05, 0.1) is 12.5 Å². The lowest BCUT2D eigenvalue weighted by Gasteiger charge is -2.45. The average Bonchev–Trinajstić information content (AvgIpc) is 2.97. The SMILES string of the molecule is CC(=O)OC[C@H]1O[C@@H](Oc2cc(O)c3c(c2)O[C@H](c2ccc(O)cc2)CC3=O)[C@H](O[C@@H]2O[C@@H](C)[C@H](O)[C@@H](O)[C@H]2O)[C@@H](O)[C@@H]1O. The highest BCUT2D eigenvalue weighted by Gasteiger charge is 2.51. The Morgan fingerprint density at radius 1 is 0.909 bits per heavy atom. The van der Waals surface area contributed by atoms with Crippen LogP contribution in [0.25, 0.3) is 0 Å². The topological polar surface area (TPSA) is 231 Å². The first-order valence-electron chi connectivity index (χ1n) is 13.9. The number of Topliss-reactive ketones (excluding diaryl/α,β-unsaturated/α-hetero) is 1. The van der Waals surface area contributed by atoms with E-state index in [1.807, 2.05) is 0 Å². The Morgan fingerprint density at radius 2 is 1.61 bits per heavy atom. The van der Waals surface area contributed by atoms with Crippen molar-refractivity contribution in [3.05, 3.63) is 47.5 Å². The van der Waals surface area contributed by atoms with Crippen LogP contribution in [0.15, 0.2) is 36.4 Å². The third-order valence-electron chi connectivity index (χ3n) is 7.69. The van der Waals surface area contributed by atoms with Gasteiger partial charge in [-0.3, -0.25) is 9.59 Å². The summed E-state index contributed by atoms with van der Waals surface area (Å²) < 4.78 is 33.9. The minimum Gasteiger partial charge on any atom is -0.508 e. The molecule has 0 amide bonds. The van der Waals surface area contributed by atoms with Crippen LogP contribution in [0, 0.1) is 0 Å². The van der Waals surface area contributed by atoms with E-state index in [2.05, 4.69) is 0 Å². The summed E-state index contributed by atoms with van der Waals surface area (Å²) >= 11 is 0. The summed E-state index contributed by atoms with van der Waals surface area (Å²) in [6.45, 7) is 2.08. The number of benzene rings is 2. The number of phenolic OH excluding ortho intramolecular Hbond substituents is 2. The number of aliphatic hydroxyl groups is 5. The third-order valence-corrected chi connectivity index (χ3v) is 7.69. The van der Waals surface area contributed by atoms with Gasteiger partial charge < -0.3 is 64.2 Å². The third kappa shape index (κ3) is 6.45. The van der Waals surface area contributed by atoms with Gasteiger partial charge in [-0.15, -0.1) is 0 Å². The van der Waals surface area contributed by atoms with Crippen molar-refractivity contribution in [2.45, 2.75) is 87.8 Å². The molecule has 0 bridgehead atoms. The molecule has 15 nitrogen and oxygen atoms in total. The molecule has 0 unspecified atom stereocenters. The molecule has 44 heavy (non-hydrogen) atoms. The molecule has 0 aromatic heterocycles. The number of aliphatic hydroxyl groups excluding tert-OH is 5. The van der Waals surface area contributed by atoms with Crippen LogP contribution >= 0.6 is 0 Å². The normalized spacial score (nSPS) is 35.3. The molecule has 2 saturated heterocycles. The van der Waals surface area contributed by atoms with Crippen LogP contribution in [0.3, 0.4) is 0 Å². The number of fused-ring (bicyclic) bond motifs is 1. The molecule has 240 valence electrons. The molecule has 0 saturated carbocycles. The maximum atomic E-state index is 12.9. The van der Waals surface area contributed by atoms with Crippen LogP contribution in [0.4, 0.5) is 0 Å². The highest BCUT2D eigenvalue weighted by atomic mass is 16.8. The Labute approximate surface area is 250 Å². The molecule has 0 aliphatic carbocycles. The molecule has 2 aromatic rings. The molecular weight excluding hydrogens is 588 g/mol. The molecule has 0 radical (unpaired) electrons. The van der Waals surface area contributed by atoms with Gasteiger partial charge in [0.1, 0.15) is 77.9 Å². The zero-order valence-electron chi connectivity index (χ0n) is 23.6. The van der Waals surface area contributed by atoms with Crippen LogP contribution in [0.2, 0.25) is 0 Å². The smallest absolute Gasteiger partial charge is 0.302 e. The first-order valence-corrected chi connectivity index (χ1v) is 13.9. The predicted molar refractivity (Wildman–Crippen MR) is 144 cm³/mol. The number of hydrogen-bond donors (Lipinski definition) is 7. The van der Waals surface area contributed by atoms with E-state index >= 15 is 0 Å². The van der Waals surface area contributed by atoms with Gasteiger partial charge in [-0.2, -0.15) is 0 Å². The van der Waals surface area contributed by atoms with E-state index in [-0.39, 0.29) is 29.2 Å². The van der Waals surface area contributed by atoms with Crippen molar-refractivity contribution < 1.29 is 73.8 Å². The molecule has 3 aliphatic rings. The molecule has 7 N–H and O–H groups in total. The summed E-state index contributed by atoms with van der Waals surface area (Å²) in [5.74, 6) is -1.70. The molecule has 3 aliphatic heterocycles. The highest BCUT2D eigenvalue weighted by molar-refractivity contribution is 6.02. The van der Waals surface area contributed by atoms with Crippen molar-refractivity contribution in [2.75, 3.05) is 6.61 Å². The molecular formula is C29H34O15. The Bertz CT molecular complexity index is 1350. The lowest BCUT2D eigenvalue weighted by Crippen LogP contribution is -2.64. The number of aromatic hydroxyl groups is 2. The molecule has 15 heteroatoms. The van der Waals surface area contributed by atoms with Crippen LogP contribution < -0.4 is 9.47 Å². The van der Waals surface area contributed by atoms with Crippen molar-refractivity contribution in [3.63, 3.8) is 0 Å². The number of esters is 1. The average molecular weight is 623 g/mol. The van der Waals surface area contributed by atoms with Gasteiger partial charge in [0.15, 0.2) is 18.2 Å². The van der Waals surface area contributed by atoms with Crippen molar-refractivity contribution >= 4 is 11.8 Å². The van der Waals surface area contributed by atoms with Crippen LogP contribution in [0.1, 0.15) is 42.3 Å². The van der Waals surface area contributed by atoms with E-state index in [0.29, 0.717) is 5.56 Å². The van der Waals surface area contributed by atoms with Gasteiger partial charge in [0.25, 0.3) is 0 Å². The number of ketones is 1. The van der Waals surface area contributed by atoms with Crippen molar-refractivity contribution in [1.29, 1.82) is 0 Å². The number of hydrogen-bond acceptors (Lipinski definition) is 15. The van der Waals surface area contributed by atoms with E-state index in [4.69, 9.17) is 28.4 Å². The fourth-order valence-corrected chi connectivity index (χ4v) is 5.25. The van der Waals surface area contributed by atoms with E-state index < -0.39 is 91.6 Å². The number of phenols is 2. The van der Waals surface area contributed by atoms with Crippen LogP contribution in [0.5, 0.6) is 23.0 Å². The minimum absolute atomic E-state index is 0.0273. The number of rotatable bonds is 7. The summed E-state index contributed by atoms with van der Waals surface area (Å²) in [5, 5.41) is 72.8. The summed E-state index contributed by atoms with van der Waals surface area (Å²) in [6, 6.07) is 8.46. The summed E-state index contributed by atoms with van der Waals surface area (Å²) in [6.07, 6.45) is -16.3. The second kappa shape index (κ2) is 12.8. The number of carbonyl (C=O) groups is 2. The van der Waals surface area contributed by atoms with Crippen molar-refractivity contribution in [2.24, 2.45) is 0 Å². The fraction of sp³-hybridized carbons (Fsp3) is 0.517. The fourth-order valence-electron chi connectivity index (χ4n) is 5.25. The van der Waals surface area contributed by atoms with Gasteiger partial charge in [-0.05, 0) is 24.6 Å². The highest BCUT2D eigenvalue weighted by Crippen LogP contribution is 2.43.